The van der Waals surface area contributed by atoms with Crippen molar-refractivity contribution in [1.82, 2.24) is 4.31 Å². The van der Waals surface area contributed by atoms with Gasteiger partial charge in [0, 0.05) is 6.54 Å². The van der Waals surface area contributed by atoms with E-state index in [2.05, 4.69) is 0 Å². The van der Waals surface area contributed by atoms with E-state index in [0.29, 0.717) is 18.7 Å². The number of hydrogen-bond donors (Lipinski definition) is 0. The van der Waals surface area contributed by atoms with Crippen molar-refractivity contribution in [2.75, 3.05) is 13.2 Å². The molecule has 1 saturated carbocycles. The topological polar surface area (TPSA) is 46.6 Å². The van der Waals surface area contributed by atoms with Gasteiger partial charge in [-0.05, 0) is 49.9 Å². The van der Waals surface area contributed by atoms with Gasteiger partial charge in [-0.25, -0.2) is 12.8 Å². The molecule has 1 aliphatic carbocycles. The molecule has 20 heavy (non-hydrogen) atoms. The van der Waals surface area contributed by atoms with Gasteiger partial charge in [-0.2, -0.15) is 4.31 Å². The summed E-state index contributed by atoms with van der Waals surface area (Å²) in [5.41, 5.74) is 0.450. The molecule has 1 aromatic rings. The number of ether oxygens (including phenoxy) is 1. The first-order valence-corrected chi connectivity index (χ1v) is 8.34. The highest BCUT2D eigenvalue weighted by molar-refractivity contribution is 7.89. The fourth-order valence-corrected chi connectivity index (χ4v) is 5.09. The van der Waals surface area contributed by atoms with Crippen LogP contribution in [0.25, 0.3) is 0 Å². The highest BCUT2D eigenvalue weighted by atomic mass is 32.2. The number of morpholine rings is 1. The maximum Gasteiger partial charge on any atom is 0.243 e. The van der Waals surface area contributed by atoms with Crippen LogP contribution < -0.4 is 0 Å². The Hall–Kier alpha value is -0.980. The molecule has 1 aliphatic heterocycles. The summed E-state index contributed by atoms with van der Waals surface area (Å²) in [6, 6.07) is 3.75. The van der Waals surface area contributed by atoms with E-state index in [1.54, 1.807) is 11.2 Å². The van der Waals surface area contributed by atoms with Crippen LogP contribution in [-0.4, -0.2) is 38.0 Å². The summed E-state index contributed by atoms with van der Waals surface area (Å²) in [4.78, 5) is 0.200. The van der Waals surface area contributed by atoms with E-state index in [0.717, 1.165) is 19.3 Å². The first-order chi connectivity index (χ1) is 9.50. The third kappa shape index (κ3) is 2.25. The van der Waals surface area contributed by atoms with E-state index in [-0.39, 0.29) is 17.0 Å². The number of halogens is 1. The van der Waals surface area contributed by atoms with E-state index >= 15 is 0 Å². The molecule has 1 aromatic carbocycles. The highest BCUT2D eigenvalue weighted by Gasteiger charge is 2.42. The van der Waals surface area contributed by atoms with Crippen LogP contribution in [0.3, 0.4) is 0 Å². The normalized spacial score (nSPS) is 27.5. The maximum absolute atomic E-state index is 13.2. The van der Waals surface area contributed by atoms with Crippen molar-refractivity contribution < 1.29 is 17.5 Å². The van der Waals surface area contributed by atoms with E-state index in [1.165, 1.54) is 18.2 Å². The summed E-state index contributed by atoms with van der Waals surface area (Å²) in [5, 5.41) is 0. The fourth-order valence-electron chi connectivity index (χ4n) is 3.22. The summed E-state index contributed by atoms with van der Waals surface area (Å²) < 4.78 is 46.0. The lowest BCUT2D eigenvalue weighted by Crippen LogP contribution is -2.51. The van der Waals surface area contributed by atoms with Gasteiger partial charge in [0.1, 0.15) is 5.82 Å². The number of benzene rings is 1. The smallest absolute Gasteiger partial charge is 0.243 e. The van der Waals surface area contributed by atoms with Crippen molar-refractivity contribution in [2.24, 2.45) is 0 Å². The Balaban J connectivity index is 1.98. The second-order valence-electron chi connectivity index (χ2n) is 5.43. The van der Waals surface area contributed by atoms with Gasteiger partial charge in [0.15, 0.2) is 0 Å². The number of rotatable bonds is 2. The van der Waals surface area contributed by atoms with Crippen molar-refractivity contribution in [3.05, 3.63) is 29.6 Å². The molecule has 2 unspecified atom stereocenters. The molecule has 0 N–H and O–H groups in total. The monoisotopic (exact) mass is 299 g/mol. The second-order valence-corrected chi connectivity index (χ2v) is 7.29. The summed E-state index contributed by atoms with van der Waals surface area (Å²) in [7, 11) is -3.58. The van der Waals surface area contributed by atoms with E-state index in [9.17, 15) is 12.8 Å². The van der Waals surface area contributed by atoms with Crippen LogP contribution in [0.4, 0.5) is 4.39 Å². The Morgan fingerprint density at radius 3 is 2.90 bits per heavy atom. The molecular weight excluding hydrogens is 281 g/mol. The molecule has 1 heterocycles. The van der Waals surface area contributed by atoms with E-state index in [4.69, 9.17) is 4.74 Å². The highest BCUT2D eigenvalue weighted by Crippen LogP contribution is 2.34. The minimum Gasteiger partial charge on any atom is -0.375 e. The summed E-state index contributed by atoms with van der Waals surface area (Å²) in [6.07, 6.45) is 2.76. The quantitative estimate of drug-likeness (QED) is 0.840. The molecule has 2 atom stereocenters. The average Bonchev–Trinajstić information content (AvgIpc) is 2.85. The van der Waals surface area contributed by atoms with Gasteiger partial charge >= 0.3 is 0 Å². The average molecular weight is 299 g/mol. The van der Waals surface area contributed by atoms with Gasteiger partial charge in [0.2, 0.25) is 10.0 Å². The van der Waals surface area contributed by atoms with Crippen LogP contribution in [0.15, 0.2) is 23.1 Å². The van der Waals surface area contributed by atoms with Crippen LogP contribution >= 0.6 is 0 Å². The number of aryl methyl sites for hydroxylation is 1. The standard InChI is InChI=1S/C14H18FNO3S/c1-10-9-11(15)5-6-14(10)20(17,18)16-7-8-19-13-4-2-3-12(13)16/h5-6,9,12-13H,2-4,7-8H2,1H3. The number of hydrogen-bond acceptors (Lipinski definition) is 3. The predicted molar refractivity (Wildman–Crippen MR) is 72.4 cm³/mol. The molecular formula is C14H18FNO3S. The molecule has 1 saturated heterocycles. The molecule has 2 aliphatic rings. The lowest BCUT2D eigenvalue weighted by Gasteiger charge is -2.36. The zero-order chi connectivity index (χ0) is 14.3. The van der Waals surface area contributed by atoms with Crippen molar-refractivity contribution in [3.8, 4) is 0 Å². The number of fused-ring (bicyclic) bond motifs is 1. The molecule has 0 radical (unpaired) electrons. The van der Waals surface area contributed by atoms with Crippen LogP contribution in [0.1, 0.15) is 24.8 Å². The van der Waals surface area contributed by atoms with Crippen LogP contribution in [0.2, 0.25) is 0 Å². The van der Waals surface area contributed by atoms with Crippen molar-refractivity contribution in [3.63, 3.8) is 0 Å². The van der Waals surface area contributed by atoms with E-state index in [1.807, 2.05) is 0 Å². The first kappa shape index (κ1) is 14.0. The molecule has 0 aromatic heterocycles. The number of sulfonamides is 1. The lowest BCUT2D eigenvalue weighted by molar-refractivity contribution is -0.0241. The molecule has 6 heteroatoms. The molecule has 2 fully saturated rings. The molecule has 4 nitrogen and oxygen atoms in total. The van der Waals surface area contributed by atoms with Gasteiger partial charge in [0.05, 0.1) is 23.6 Å². The van der Waals surface area contributed by atoms with Crippen molar-refractivity contribution >= 4 is 10.0 Å². The largest absolute Gasteiger partial charge is 0.375 e. The minimum atomic E-state index is -3.58. The molecule has 3 rings (SSSR count). The second kappa shape index (κ2) is 5.09. The Labute approximate surface area is 118 Å². The Kier molecular flexibility index (Phi) is 3.56. The third-order valence-electron chi connectivity index (χ3n) is 4.15. The van der Waals surface area contributed by atoms with Gasteiger partial charge in [0.25, 0.3) is 0 Å². The Morgan fingerprint density at radius 2 is 2.15 bits per heavy atom. The van der Waals surface area contributed by atoms with Crippen LogP contribution in [0, 0.1) is 12.7 Å². The zero-order valence-electron chi connectivity index (χ0n) is 11.4. The lowest BCUT2D eigenvalue weighted by atomic mass is 10.2. The summed E-state index contributed by atoms with van der Waals surface area (Å²) in [5.74, 6) is -0.415. The molecule has 110 valence electrons. The molecule has 0 amide bonds. The van der Waals surface area contributed by atoms with Crippen LogP contribution in [-0.2, 0) is 14.8 Å². The van der Waals surface area contributed by atoms with Gasteiger partial charge < -0.3 is 4.74 Å². The summed E-state index contributed by atoms with van der Waals surface area (Å²) in [6.45, 7) is 2.43. The number of nitrogens with zero attached hydrogens (tertiary/aromatic N) is 1. The third-order valence-corrected chi connectivity index (χ3v) is 6.24. The van der Waals surface area contributed by atoms with Crippen molar-refractivity contribution in [1.29, 1.82) is 0 Å². The Bertz CT molecular complexity index is 617. The van der Waals surface area contributed by atoms with Crippen LogP contribution in [0.5, 0.6) is 0 Å². The fraction of sp³-hybridized carbons (Fsp3) is 0.571. The van der Waals surface area contributed by atoms with Crippen molar-refractivity contribution in [2.45, 2.75) is 43.2 Å². The van der Waals surface area contributed by atoms with Gasteiger partial charge in [-0.1, -0.05) is 0 Å². The van der Waals surface area contributed by atoms with E-state index < -0.39 is 15.8 Å². The van der Waals surface area contributed by atoms with Gasteiger partial charge in [-0.3, -0.25) is 0 Å². The SMILES string of the molecule is Cc1cc(F)ccc1S(=O)(=O)N1CCOC2CCCC21. The first-order valence-electron chi connectivity index (χ1n) is 6.90. The Morgan fingerprint density at radius 1 is 1.35 bits per heavy atom. The maximum atomic E-state index is 13.2. The summed E-state index contributed by atoms with van der Waals surface area (Å²) >= 11 is 0. The molecule has 0 bridgehead atoms. The minimum absolute atomic E-state index is 0.0132. The molecule has 0 spiro atoms. The zero-order valence-corrected chi connectivity index (χ0v) is 12.2. The van der Waals surface area contributed by atoms with Gasteiger partial charge in [-0.15, -0.1) is 0 Å². The predicted octanol–water partition coefficient (Wildman–Crippen LogP) is 2.08.